The van der Waals surface area contributed by atoms with Gasteiger partial charge in [-0.2, -0.15) is 0 Å². The molecule has 4 rings (SSSR count). The van der Waals surface area contributed by atoms with Crippen molar-refractivity contribution in [1.82, 2.24) is 9.80 Å². The molecule has 0 radical (unpaired) electrons. The van der Waals surface area contributed by atoms with Gasteiger partial charge in [-0.3, -0.25) is 4.79 Å². The number of halogens is 1. The number of rotatable bonds is 4. The summed E-state index contributed by atoms with van der Waals surface area (Å²) in [7, 11) is 3.76. The Morgan fingerprint density at radius 2 is 1.79 bits per heavy atom. The van der Waals surface area contributed by atoms with Crippen LogP contribution < -0.4 is 10.6 Å². The molecule has 2 unspecified atom stereocenters. The van der Waals surface area contributed by atoms with E-state index in [1.165, 1.54) is 11.1 Å². The fraction of sp³-hybridized carbons (Fsp3) is 0.440. The molecule has 0 saturated carbocycles. The number of ether oxygens (including phenoxy) is 1. The van der Waals surface area contributed by atoms with Crippen molar-refractivity contribution in [2.75, 3.05) is 44.4 Å². The molecule has 176 valence electrons. The van der Waals surface area contributed by atoms with Crippen molar-refractivity contribution >= 4 is 39.2 Å². The van der Waals surface area contributed by atoms with Crippen molar-refractivity contribution in [3.05, 3.63) is 58.1 Å². The predicted octanol–water partition coefficient (Wildman–Crippen LogP) is 4.30. The van der Waals surface area contributed by atoms with Crippen LogP contribution in [0.15, 0.2) is 46.9 Å². The maximum Gasteiger partial charge on any atom is 0.322 e. The number of likely N-dealkylation sites (N-methyl/N-ethyl adjacent to an activating group) is 1. The third kappa shape index (κ3) is 5.57. The third-order valence-corrected chi connectivity index (χ3v) is 7.07. The summed E-state index contributed by atoms with van der Waals surface area (Å²) < 4.78 is 6.42. The largest absolute Gasteiger partial charge is 0.380 e. The van der Waals surface area contributed by atoms with Crippen molar-refractivity contribution < 1.29 is 14.3 Å². The van der Waals surface area contributed by atoms with Gasteiger partial charge in [0.25, 0.3) is 0 Å². The average molecular weight is 515 g/mol. The highest BCUT2D eigenvalue weighted by atomic mass is 79.9. The van der Waals surface area contributed by atoms with E-state index >= 15 is 0 Å². The number of nitrogens with one attached hydrogen (secondary N) is 2. The molecule has 8 heteroatoms. The second-order valence-corrected chi connectivity index (χ2v) is 9.93. The van der Waals surface area contributed by atoms with Crippen LogP contribution >= 0.6 is 15.9 Å². The van der Waals surface area contributed by atoms with E-state index in [1.807, 2.05) is 30.3 Å². The van der Waals surface area contributed by atoms with Gasteiger partial charge in [0.1, 0.15) is 6.04 Å². The molecule has 2 aromatic carbocycles. The van der Waals surface area contributed by atoms with Gasteiger partial charge in [0.05, 0.1) is 6.10 Å². The molecule has 2 heterocycles. The summed E-state index contributed by atoms with van der Waals surface area (Å²) in [5.74, 6) is 0.256. The van der Waals surface area contributed by atoms with Crippen LogP contribution in [0.4, 0.5) is 16.2 Å². The number of urea groups is 1. The minimum absolute atomic E-state index is 0.181. The number of amides is 3. The molecule has 0 spiro atoms. The number of fused-ring (bicyclic) bond motifs is 1. The van der Waals surface area contributed by atoms with E-state index in [0.29, 0.717) is 24.6 Å². The minimum Gasteiger partial charge on any atom is -0.380 e. The molecule has 3 atom stereocenters. The standard InChI is InChI=1S/C25H31BrN4O3/c1-16-14-29(2)11-10-17-12-20(8-9-22(16)17)27-24(31)23-13-21(33-3)15-30(23)25(32)28-19-6-4-18(26)5-7-19/h4-9,12,16,21,23H,10-11,13-15H2,1-3H3,(H,27,31)(H,28,32)/t16?,21?,23-/m1/s1. The topological polar surface area (TPSA) is 73.9 Å². The maximum absolute atomic E-state index is 13.2. The first-order valence-corrected chi connectivity index (χ1v) is 12.1. The van der Waals surface area contributed by atoms with Crippen molar-refractivity contribution in [2.45, 2.75) is 37.8 Å². The molecule has 33 heavy (non-hydrogen) atoms. The SMILES string of the molecule is COC1C[C@H](C(=O)Nc2ccc3c(c2)CCN(C)CC3C)N(C(=O)Nc2ccc(Br)cc2)C1. The Balaban J connectivity index is 1.47. The molecule has 2 aromatic rings. The highest BCUT2D eigenvalue weighted by Crippen LogP contribution is 2.28. The lowest BCUT2D eigenvalue weighted by molar-refractivity contribution is -0.119. The number of hydrogen-bond acceptors (Lipinski definition) is 4. The van der Waals surface area contributed by atoms with Gasteiger partial charge in [0.15, 0.2) is 0 Å². The summed E-state index contributed by atoms with van der Waals surface area (Å²) in [6.07, 6.45) is 1.24. The Labute approximate surface area is 203 Å². The van der Waals surface area contributed by atoms with Crippen LogP contribution in [0.2, 0.25) is 0 Å². The number of hydrogen-bond donors (Lipinski definition) is 2. The van der Waals surface area contributed by atoms with Crippen LogP contribution in [0, 0.1) is 0 Å². The second-order valence-electron chi connectivity index (χ2n) is 9.01. The van der Waals surface area contributed by atoms with E-state index in [2.05, 4.69) is 57.6 Å². The Bertz CT molecular complexity index is 1010. The molecule has 7 nitrogen and oxygen atoms in total. The summed E-state index contributed by atoms with van der Waals surface area (Å²) >= 11 is 3.39. The third-order valence-electron chi connectivity index (χ3n) is 6.54. The number of carbonyl (C=O) groups excluding carboxylic acids is 2. The highest BCUT2D eigenvalue weighted by molar-refractivity contribution is 9.10. The Hall–Kier alpha value is -2.42. The van der Waals surface area contributed by atoms with Gasteiger partial charge in [0.2, 0.25) is 5.91 Å². The molecule has 0 aromatic heterocycles. The average Bonchev–Trinajstić information content (AvgIpc) is 3.18. The summed E-state index contributed by atoms with van der Waals surface area (Å²) in [6, 6.07) is 12.6. The van der Waals surface area contributed by atoms with Crippen molar-refractivity contribution in [3.8, 4) is 0 Å². The van der Waals surface area contributed by atoms with Crippen LogP contribution in [-0.4, -0.2) is 67.7 Å². The zero-order chi connectivity index (χ0) is 23.5. The van der Waals surface area contributed by atoms with Gasteiger partial charge in [-0.15, -0.1) is 0 Å². The number of carbonyl (C=O) groups is 2. The highest BCUT2D eigenvalue weighted by Gasteiger charge is 2.40. The zero-order valence-electron chi connectivity index (χ0n) is 19.3. The fourth-order valence-electron chi connectivity index (χ4n) is 4.74. The maximum atomic E-state index is 13.2. The number of nitrogens with zero attached hydrogens (tertiary/aromatic N) is 2. The Morgan fingerprint density at radius 1 is 1.06 bits per heavy atom. The smallest absolute Gasteiger partial charge is 0.322 e. The van der Waals surface area contributed by atoms with Gasteiger partial charge in [-0.25, -0.2) is 4.79 Å². The molecule has 2 N–H and O–H groups in total. The van der Waals surface area contributed by atoms with Crippen LogP contribution in [0.25, 0.3) is 0 Å². The van der Waals surface area contributed by atoms with Crippen molar-refractivity contribution in [3.63, 3.8) is 0 Å². The van der Waals surface area contributed by atoms with Gasteiger partial charge < -0.3 is 25.2 Å². The monoisotopic (exact) mass is 514 g/mol. The van der Waals surface area contributed by atoms with Crippen LogP contribution in [0.5, 0.6) is 0 Å². The van der Waals surface area contributed by atoms with E-state index in [9.17, 15) is 9.59 Å². The number of likely N-dealkylation sites (tertiary alicyclic amines) is 1. The van der Waals surface area contributed by atoms with E-state index < -0.39 is 6.04 Å². The second kappa shape index (κ2) is 10.2. The lowest BCUT2D eigenvalue weighted by Gasteiger charge is -2.24. The lowest BCUT2D eigenvalue weighted by Crippen LogP contribution is -2.45. The van der Waals surface area contributed by atoms with E-state index in [1.54, 1.807) is 12.0 Å². The first-order valence-electron chi connectivity index (χ1n) is 11.3. The molecule has 0 bridgehead atoms. The molecule has 0 aliphatic carbocycles. The number of anilines is 2. The normalized spacial score (nSPS) is 23.0. The zero-order valence-corrected chi connectivity index (χ0v) is 20.9. The van der Waals surface area contributed by atoms with E-state index in [4.69, 9.17) is 4.74 Å². The minimum atomic E-state index is -0.603. The molecule has 1 saturated heterocycles. The summed E-state index contributed by atoms with van der Waals surface area (Å²) in [4.78, 5) is 30.1. The van der Waals surface area contributed by atoms with Crippen LogP contribution in [0.1, 0.15) is 30.4 Å². The Morgan fingerprint density at radius 3 is 2.52 bits per heavy atom. The van der Waals surface area contributed by atoms with Gasteiger partial charge in [-0.1, -0.05) is 28.9 Å². The molecule has 1 fully saturated rings. The number of benzene rings is 2. The first kappa shape index (κ1) is 23.7. The predicted molar refractivity (Wildman–Crippen MR) is 134 cm³/mol. The molecular formula is C25H31BrN4O3. The van der Waals surface area contributed by atoms with Crippen LogP contribution in [-0.2, 0) is 16.0 Å². The summed E-state index contributed by atoms with van der Waals surface area (Å²) in [5, 5.41) is 5.93. The van der Waals surface area contributed by atoms with Crippen molar-refractivity contribution in [1.29, 1.82) is 0 Å². The lowest BCUT2D eigenvalue weighted by atomic mass is 9.95. The molecule has 2 aliphatic heterocycles. The fourth-order valence-corrected chi connectivity index (χ4v) is 5.01. The summed E-state index contributed by atoms with van der Waals surface area (Å²) in [6.45, 7) is 4.63. The van der Waals surface area contributed by atoms with E-state index in [0.717, 1.165) is 29.7 Å². The Kier molecular flexibility index (Phi) is 7.36. The molecule has 2 aliphatic rings. The van der Waals surface area contributed by atoms with Gasteiger partial charge in [-0.05, 0) is 66.9 Å². The summed E-state index contributed by atoms with van der Waals surface area (Å²) in [5.41, 5.74) is 4.06. The molecular weight excluding hydrogens is 484 g/mol. The molecule has 3 amide bonds. The number of methoxy groups -OCH3 is 1. The van der Waals surface area contributed by atoms with Crippen molar-refractivity contribution in [2.24, 2.45) is 0 Å². The van der Waals surface area contributed by atoms with Gasteiger partial charge >= 0.3 is 6.03 Å². The first-order chi connectivity index (χ1) is 15.8. The van der Waals surface area contributed by atoms with Gasteiger partial charge in [0, 0.05) is 49.0 Å². The van der Waals surface area contributed by atoms with E-state index in [-0.39, 0.29) is 18.0 Å². The quantitative estimate of drug-likeness (QED) is 0.637. The van der Waals surface area contributed by atoms with Crippen LogP contribution in [0.3, 0.4) is 0 Å².